The minimum absolute atomic E-state index is 0.423. The van der Waals surface area contributed by atoms with Gasteiger partial charge in [-0.3, -0.25) is 0 Å². The van der Waals surface area contributed by atoms with E-state index in [9.17, 15) is 0 Å². The van der Waals surface area contributed by atoms with Gasteiger partial charge in [-0.2, -0.15) is 0 Å². The Balaban J connectivity index is 2.11. The number of rotatable bonds is 6. The Hall–Kier alpha value is -1.26. The van der Waals surface area contributed by atoms with E-state index in [0.29, 0.717) is 6.04 Å². The topological polar surface area (TPSA) is 12.0 Å². The van der Waals surface area contributed by atoms with Crippen molar-refractivity contribution in [1.29, 1.82) is 0 Å². The van der Waals surface area contributed by atoms with Gasteiger partial charge in [0.25, 0.3) is 0 Å². The van der Waals surface area contributed by atoms with Gasteiger partial charge in [-0.05, 0) is 55.3 Å². The molecule has 0 spiro atoms. The maximum absolute atomic E-state index is 5.40. The summed E-state index contributed by atoms with van der Waals surface area (Å²) in [5, 5.41) is 3.62. The van der Waals surface area contributed by atoms with Crippen LogP contribution >= 0.6 is 0 Å². The Morgan fingerprint density at radius 2 is 2.17 bits per heavy atom. The number of benzene rings is 1. The zero-order valence-electron chi connectivity index (χ0n) is 11.3. The van der Waals surface area contributed by atoms with Crippen molar-refractivity contribution in [1.82, 2.24) is 5.32 Å². The lowest BCUT2D eigenvalue weighted by Gasteiger charge is -2.19. The predicted molar refractivity (Wildman–Crippen MR) is 77.6 cm³/mol. The van der Waals surface area contributed by atoms with Gasteiger partial charge < -0.3 is 5.32 Å². The van der Waals surface area contributed by atoms with Crippen LogP contribution in [0.3, 0.4) is 0 Å². The number of aryl methyl sites for hydroxylation is 2. The van der Waals surface area contributed by atoms with Gasteiger partial charge in [-0.15, -0.1) is 12.3 Å². The van der Waals surface area contributed by atoms with Gasteiger partial charge in [0.2, 0.25) is 0 Å². The van der Waals surface area contributed by atoms with Crippen molar-refractivity contribution in [3.05, 3.63) is 34.9 Å². The molecule has 0 saturated heterocycles. The highest BCUT2D eigenvalue weighted by atomic mass is 14.9. The van der Waals surface area contributed by atoms with Crippen LogP contribution in [0.2, 0.25) is 0 Å². The molecular weight excluding hydrogens is 218 g/mol. The van der Waals surface area contributed by atoms with Gasteiger partial charge in [0.1, 0.15) is 0 Å². The van der Waals surface area contributed by atoms with Crippen molar-refractivity contribution < 1.29 is 0 Å². The molecular formula is C17H23N. The first-order valence-electron chi connectivity index (χ1n) is 7.13. The van der Waals surface area contributed by atoms with Gasteiger partial charge >= 0.3 is 0 Å². The summed E-state index contributed by atoms with van der Waals surface area (Å²) in [7, 11) is 0. The monoisotopic (exact) mass is 241 g/mol. The molecule has 1 N–H and O–H groups in total. The average Bonchev–Trinajstić information content (AvgIpc) is 2.86. The highest BCUT2D eigenvalue weighted by Crippen LogP contribution is 2.27. The Morgan fingerprint density at radius 1 is 1.33 bits per heavy atom. The fraction of sp³-hybridized carbons (Fsp3) is 0.529. The normalized spacial score (nSPS) is 15.1. The molecule has 0 amide bonds. The summed E-state index contributed by atoms with van der Waals surface area (Å²) in [6.45, 7) is 3.26. The molecule has 1 aliphatic carbocycles. The van der Waals surface area contributed by atoms with Crippen LogP contribution in [0.25, 0.3) is 0 Å². The summed E-state index contributed by atoms with van der Waals surface area (Å²) in [6, 6.07) is 7.42. The van der Waals surface area contributed by atoms with Crippen molar-refractivity contribution in [2.45, 2.75) is 51.5 Å². The first kappa shape index (κ1) is 13.2. The van der Waals surface area contributed by atoms with Crippen molar-refractivity contribution >= 4 is 0 Å². The molecule has 96 valence electrons. The summed E-state index contributed by atoms with van der Waals surface area (Å²) >= 11 is 0. The van der Waals surface area contributed by atoms with Crippen molar-refractivity contribution in [3.63, 3.8) is 0 Å². The van der Waals surface area contributed by atoms with Crippen LogP contribution in [0.5, 0.6) is 0 Å². The third-order valence-electron chi connectivity index (χ3n) is 3.74. The molecule has 1 aromatic carbocycles. The van der Waals surface area contributed by atoms with Crippen LogP contribution in [0.4, 0.5) is 0 Å². The molecule has 2 rings (SSSR count). The zero-order chi connectivity index (χ0) is 12.8. The average molecular weight is 241 g/mol. The molecule has 1 aromatic rings. The number of hydrogen-bond donors (Lipinski definition) is 1. The minimum Gasteiger partial charge on any atom is -0.310 e. The molecule has 1 aliphatic rings. The van der Waals surface area contributed by atoms with Crippen LogP contribution in [-0.2, 0) is 12.8 Å². The van der Waals surface area contributed by atoms with Crippen molar-refractivity contribution in [2.24, 2.45) is 0 Å². The maximum Gasteiger partial charge on any atom is 0.0329 e. The summed E-state index contributed by atoms with van der Waals surface area (Å²) in [4.78, 5) is 0. The van der Waals surface area contributed by atoms with Gasteiger partial charge in [-0.25, -0.2) is 0 Å². The fourth-order valence-corrected chi connectivity index (χ4v) is 2.74. The van der Waals surface area contributed by atoms with Crippen LogP contribution in [0, 0.1) is 12.3 Å². The van der Waals surface area contributed by atoms with E-state index in [1.165, 1.54) is 24.8 Å². The van der Waals surface area contributed by atoms with Crippen molar-refractivity contribution in [3.8, 4) is 12.3 Å². The molecule has 0 heterocycles. The van der Waals surface area contributed by atoms with Crippen LogP contribution < -0.4 is 5.32 Å². The molecule has 1 nitrogen and oxygen atoms in total. The van der Waals surface area contributed by atoms with Gasteiger partial charge in [0, 0.05) is 12.5 Å². The third-order valence-corrected chi connectivity index (χ3v) is 3.74. The van der Waals surface area contributed by atoms with Crippen LogP contribution in [0.15, 0.2) is 18.2 Å². The Kier molecular flexibility index (Phi) is 4.84. The van der Waals surface area contributed by atoms with Crippen LogP contribution in [0.1, 0.15) is 55.3 Å². The van der Waals surface area contributed by atoms with Crippen molar-refractivity contribution in [2.75, 3.05) is 6.54 Å². The molecule has 1 heteroatoms. The number of fused-ring (bicyclic) bond motifs is 1. The lowest BCUT2D eigenvalue weighted by atomic mass is 9.98. The smallest absolute Gasteiger partial charge is 0.0329 e. The molecule has 1 atom stereocenters. The van der Waals surface area contributed by atoms with E-state index >= 15 is 0 Å². The molecule has 0 aromatic heterocycles. The van der Waals surface area contributed by atoms with E-state index in [1.54, 1.807) is 11.1 Å². The second-order valence-corrected chi connectivity index (χ2v) is 5.13. The lowest BCUT2D eigenvalue weighted by molar-refractivity contribution is 0.505. The predicted octanol–water partition coefficient (Wildman–Crippen LogP) is 3.63. The molecule has 0 aliphatic heterocycles. The first-order chi connectivity index (χ1) is 8.85. The van der Waals surface area contributed by atoms with E-state index in [2.05, 4.69) is 36.4 Å². The number of nitrogens with one attached hydrogen (secondary N) is 1. The minimum atomic E-state index is 0.423. The largest absolute Gasteiger partial charge is 0.310 e. The fourth-order valence-electron chi connectivity index (χ4n) is 2.74. The SMILES string of the molecule is C#CCCC(NCCC)c1ccc2c(c1)CCC2. The standard InChI is InChI=1S/C17H23N/c1-3-5-9-17(18-12-4-2)16-11-10-14-7-6-8-15(14)13-16/h1,10-11,13,17-18H,4-9,12H2,2H3. The molecule has 1 unspecified atom stereocenters. The van der Waals surface area contributed by atoms with Crippen LogP contribution in [-0.4, -0.2) is 6.54 Å². The highest BCUT2D eigenvalue weighted by Gasteiger charge is 2.15. The Bertz CT molecular complexity index is 428. The second-order valence-electron chi connectivity index (χ2n) is 5.13. The summed E-state index contributed by atoms with van der Waals surface area (Å²) < 4.78 is 0. The molecule has 0 saturated carbocycles. The molecule has 0 radical (unpaired) electrons. The molecule has 18 heavy (non-hydrogen) atoms. The Morgan fingerprint density at radius 3 is 2.94 bits per heavy atom. The quantitative estimate of drug-likeness (QED) is 0.750. The summed E-state index contributed by atoms with van der Waals surface area (Å²) in [5.41, 5.74) is 4.51. The number of terminal acetylenes is 1. The summed E-state index contributed by atoms with van der Waals surface area (Å²) in [6.07, 6.45) is 12.3. The van der Waals surface area contributed by atoms with Gasteiger partial charge in [0.15, 0.2) is 0 Å². The lowest BCUT2D eigenvalue weighted by Crippen LogP contribution is -2.22. The zero-order valence-corrected chi connectivity index (χ0v) is 11.3. The summed E-state index contributed by atoms with van der Waals surface area (Å²) in [5.74, 6) is 2.76. The van der Waals surface area contributed by atoms with Gasteiger partial charge in [0.05, 0.1) is 0 Å². The second kappa shape index (κ2) is 6.61. The molecule has 0 bridgehead atoms. The van der Waals surface area contributed by atoms with E-state index in [0.717, 1.165) is 25.8 Å². The highest BCUT2D eigenvalue weighted by molar-refractivity contribution is 5.36. The van der Waals surface area contributed by atoms with Gasteiger partial charge in [-0.1, -0.05) is 25.1 Å². The molecule has 0 fully saturated rings. The van der Waals surface area contributed by atoms with E-state index in [1.807, 2.05) is 0 Å². The van der Waals surface area contributed by atoms with E-state index < -0.39 is 0 Å². The first-order valence-corrected chi connectivity index (χ1v) is 7.13. The maximum atomic E-state index is 5.40. The van der Waals surface area contributed by atoms with E-state index in [4.69, 9.17) is 6.42 Å². The Labute approximate surface area is 111 Å². The third kappa shape index (κ3) is 3.15. The number of hydrogen-bond acceptors (Lipinski definition) is 1. The van der Waals surface area contributed by atoms with E-state index in [-0.39, 0.29) is 0 Å².